The first-order chi connectivity index (χ1) is 10.1. The Bertz CT molecular complexity index is 700. The van der Waals surface area contributed by atoms with Crippen LogP contribution >= 0.6 is 0 Å². The quantitative estimate of drug-likeness (QED) is 0.833. The van der Waals surface area contributed by atoms with Crippen molar-refractivity contribution in [3.8, 4) is 0 Å². The third-order valence-corrected chi connectivity index (χ3v) is 4.08. The number of ketones is 1. The van der Waals surface area contributed by atoms with Crippen molar-refractivity contribution in [3.63, 3.8) is 0 Å². The Morgan fingerprint density at radius 1 is 1.33 bits per heavy atom. The molecule has 0 bridgehead atoms. The van der Waals surface area contributed by atoms with E-state index in [1.165, 1.54) is 0 Å². The minimum Gasteiger partial charge on any atom is -0.388 e. The first kappa shape index (κ1) is 13.9. The molecule has 2 aromatic rings. The Kier molecular flexibility index (Phi) is 3.55. The van der Waals surface area contributed by atoms with Crippen molar-refractivity contribution in [2.45, 2.75) is 24.9 Å². The van der Waals surface area contributed by atoms with Gasteiger partial charge in [-0.3, -0.25) is 4.79 Å². The van der Waals surface area contributed by atoms with Crippen LogP contribution in [0.1, 0.15) is 24.3 Å². The zero-order valence-electron chi connectivity index (χ0n) is 12.3. The van der Waals surface area contributed by atoms with Gasteiger partial charge < -0.3 is 15.0 Å². The molecule has 0 aliphatic heterocycles. The van der Waals surface area contributed by atoms with E-state index in [9.17, 15) is 9.90 Å². The molecule has 1 aliphatic carbocycles. The minimum atomic E-state index is -0.688. The van der Waals surface area contributed by atoms with Crippen molar-refractivity contribution < 1.29 is 9.90 Å². The van der Waals surface area contributed by atoms with Gasteiger partial charge in [-0.25, -0.2) is 0 Å². The van der Waals surface area contributed by atoms with Crippen LogP contribution in [-0.2, 0) is 4.79 Å². The molecule has 2 unspecified atom stereocenters. The number of aliphatic hydroxyl groups is 1. The van der Waals surface area contributed by atoms with Crippen LogP contribution in [-0.4, -0.2) is 41.0 Å². The second kappa shape index (κ2) is 5.37. The van der Waals surface area contributed by atoms with Gasteiger partial charge in [0, 0.05) is 49.4 Å². The van der Waals surface area contributed by atoms with Crippen LogP contribution in [0.3, 0.4) is 0 Å². The topological polar surface area (TPSA) is 56.3 Å². The number of aromatic nitrogens is 1. The van der Waals surface area contributed by atoms with Crippen LogP contribution in [0.2, 0.25) is 0 Å². The second-order valence-corrected chi connectivity index (χ2v) is 5.91. The van der Waals surface area contributed by atoms with E-state index < -0.39 is 6.10 Å². The fourth-order valence-corrected chi connectivity index (χ4v) is 3.11. The zero-order valence-corrected chi connectivity index (χ0v) is 12.3. The van der Waals surface area contributed by atoms with E-state index in [1.54, 1.807) is 6.20 Å². The second-order valence-electron chi connectivity index (χ2n) is 5.91. The lowest BCUT2D eigenvalue weighted by molar-refractivity contribution is -0.118. The van der Waals surface area contributed by atoms with Crippen LogP contribution < -0.4 is 0 Å². The van der Waals surface area contributed by atoms with Gasteiger partial charge in [-0.15, -0.1) is 0 Å². The average Bonchev–Trinajstić information content (AvgIpc) is 2.86. The minimum absolute atomic E-state index is 0.0396. The number of carbonyl (C=O) groups excluding carboxylic acids is 1. The van der Waals surface area contributed by atoms with Gasteiger partial charge in [0.25, 0.3) is 0 Å². The molecule has 2 atom stereocenters. The third kappa shape index (κ3) is 2.59. The van der Waals surface area contributed by atoms with Gasteiger partial charge in [0.2, 0.25) is 0 Å². The predicted molar refractivity (Wildman–Crippen MR) is 83.1 cm³/mol. The summed E-state index contributed by atoms with van der Waals surface area (Å²) in [6, 6.07) is 8.07. The average molecular weight is 284 g/mol. The Morgan fingerprint density at radius 2 is 2.10 bits per heavy atom. The van der Waals surface area contributed by atoms with E-state index in [0.29, 0.717) is 18.4 Å². The number of rotatable bonds is 2. The number of nitrogens with one attached hydrogen (secondary N) is 1. The molecule has 1 aromatic carbocycles. The standard InChI is InChI=1S/C17H20N2O2/c1-19(2)10-14-16(20)7-11(8-17(14)21)13-9-18-15-6-4-3-5-12(13)15/h3-6,9-11,16,18,20H,7-8H2,1-2H3/b14-10+. The van der Waals surface area contributed by atoms with Crippen LogP contribution in [0.25, 0.3) is 10.9 Å². The summed E-state index contributed by atoms with van der Waals surface area (Å²) in [6.07, 6.45) is 4.06. The molecule has 0 radical (unpaired) electrons. The Labute approximate surface area is 124 Å². The van der Waals surface area contributed by atoms with Gasteiger partial charge in [0.1, 0.15) is 0 Å². The smallest absolute Gasteiger partial charge is 0.163 e. The molecule has 4 heteroatoms. The van der Waals surface area contributed by atoms with E-state index >= 15 is 0 Å². The molecule has 4 nitrogen and oxygen atoms in total. The Hall–Kier alpha value is -2.07. The fourth-order valence-electron chi connectivity index (χ4n) is 3.11. The number of aromatic amines is 1. The van der Waals surface area contributed by atoms with Crippen LogP contribution in [0.15, 0.2) is 42.2 Å². The van der Waals surface area contributed by atoms with Gasteiger partial charge in [0.05, 0.1) is 6.10 Å². The van der Waals surface area contributed by atoms with Gasteiger partial charge in [-0.05, 0) is 24.0 Å². The summed E-state index contributed by atoms with van der Waals surface area (Å²) < 4.78 is 0. The molecule has 1 saturated carbocycles. The molecule has 2 N–H and O–H groups in total. The molecule has 0 saturated heterocycles. The molecule has 1 fully saturated rings. The van der Waals surface area contributed by atoms with Crippen molar-refractivity contribution in [2.75, 3.05) is 14.1 Å². The molecular formula is C17H20N2O2. The van der Waals surface area contributed by atoms with Crippen molar-refractivity contribution in [2.24, 2.45) is 0 Å². The number of fused-ring (bicyclic) bond motifs is 1. The van der Waals surface area contributed by atoms with Gasteiger partial charge in [-0.1, -0.05) is 18.2 Å². The number of benzene rings is 1. The number of hydrogen-bond donors (Lipinski definition) is 2. The van der Waals surface area contributed by atoms with E-state index in [1.807, 2.05) is 43.4 Å². The van der Waals surface area contributed by atoms with E-state index in [-0.39, 0.29) is 11.7 Å². The Morgan fingerprint density at radius 3 is 2.81 bits per heavy atom. The summed E-state index contributed by atoms with van der Waals surface area (Å²) >= 11 is 0. The number of para-hydroxylation sites is 1. The largest absolute Gasteiger partial charge is 0.388 e. The summed E-state index contributed by atoms with van der Waals surface area (Å²) in [5.74, 6) is 0.112. The lowest BCUT2D eigenvalue weighted by atomic mass is 9.79. The van der Waals surface area contributed by atoms with E-state index in [0.717, 1.165) is 16.5 Å². The predicted octanol–water partition coefficient (Wildman–Crippen LogP) is 2.42. The zero-order chi connectivity index (χ0) is 15.0. The lowest BCUT2D eigenvalue weighted by Gasteiger charge is -2.28. The molecule has 110 valence electrons. The van der Waals surface area contributed by atoms with Crippen molar-refractivity contribution in [1.29, 1.82) is 0 Å². The SMILES string of the molecule is CN(C)/C=C1/C(=O)CC(c2c[nH]c3ccccc23)CC1O. The normalized spacial score (nSPS) is 24.7. The highest BCUT2D eigenvalue weighted by atomic mass is 16.3. The monoisotopic (exact) mass is 284 g/mol. The molecule has 1 aromatic heterocycles. The number of nitrogens with zero attached hydrogens (tertiary/aromatic N) is 1. The van der Waals surface area contributed by atoms with Crippen molar-refractivity contribution >= 4 is 16.7 Å². The molecule has 1 heterocycles. The van der Waals surface area contributed by atoms with Crippen molar-refractivity contribution in [1.82, 2.24) is 9.88 Å². The van der Waals surface area contributed by atoms with Crippen LogP contribution in [0.5, 0.6) is 0 Å². The van der Waals surface area contributed by atoms with Gasteiger partial charge in [0.15, 0.2) is 5.78 Å². The molecule has 1 aliphatic rings. The number of carbonyl (C=O) groups is 1. The van der Waals surface area contributed by atoms with Crippen LogP contribution in [0.4, 0.5) is 0 Å². The summed E-state index contributed by atoms with van der Waals surface area (Å²) in [5.41, 5.74) is 2.72. The Balaban J connectivity index is 1.91. The first-order valence-corrected chi connectivity index (χ1v) is 7.21. The number of hydrogen-bond acceptors (Lipinski definition) is 3. The van der Waals surface area contributed by atoms with Crippen LogP contribution in [0, 0.1) is 0 Å². The molecule has 0 amide bonds. The molecule has 0 spiro atoms. The van der Waals surface area contributed by atoms with E-state index in [2.05, 4.69) is 11.1 Å². The third-order valence-electron chi connectivity index (χ3n) is 4.08. The highest BCUT2D eigenvalue weighted by molar-refractivity contribution is 5.98. The fraction of sp³-hybridized carbons (Fsp3) is 0.353. The molecule has 3 rings (SSSR count). The summed E-state index contributed by atoms with van der Waals surface area (Å²) in [5, 5.41) is 11.4. The highest BCUT2D eigenvalue weighted by Crippen LogP contribution is 2.37. The molecule has 21 heavy (non-hydrogen) atoms. The maximum Gasteiger partial charge on any atom is 0.163 e. The maximum atomic E-state index is 12.3. The highest BCUT2D eigenvalue weighted by Gasteiger charge is 2.32. The number of Topliss-reactive ketones (excluding diaryl/α,β-unsaturated/α-hetero) is 1. The maximum absolute atomic E-state index is 12.3. The van der Waals surface area contributed by atoms with Crippen molar-refractivity contribution in [3.05, 3.63) is 47.8 Å². The number of H-pyrrole nitrogens is 1. The summed E-state index contributed by atoms with van der Waals surface area (Å²) in [4.78, 5) is 17.4. The lowest BCUT2D eigenvalue weighted by Crippen LogP contribution is -2.29. The van der Waals surface area contributed by atoms with E-state index in [4.69, 9.17) is 0 Å². The van der Waals surface area contributed by atoms with Gasteiger partial charge in [-0.2, -0.15) is 0 Å². The van der Waals surface area contributed by atoms with Gasteiger partial charge >= 0.3 is 0 Å². The number of aliphatic hydroxyl groups excluding tert-OH is 1. The summed E-state index contributed by atoms with van der Waals surface area (Å²) in [7, 11) is 3.72. The first-order valence-electron chi connectivity index (χ1n) is 7.21. The molecular weight excluding hydrogens is 264 g/mol. The summed E-state index contributed by atoms with van der Waals surface area (Å²) in [6.45, 7) is 0.